The van der Waals surface area contributed by atoms with Gasteiger partial charge in [-0.1, -0.05) is 6.92 Å². The topological polar surface area (TPSA) is 35.6 Å². The van der Waals surface area contributed by atoms with Crippen molar-refractivity contribution < 1.29 is 4.79 Å². The van der Waals surface area contributed by atoms with Crippen molar-refractivity contribution >= 4 is 5.91 Å². The number of nitrogens with one attached hydrogen (secondary N) is 1. The second-order valence-electron chi connectivity index (χ2n) is 5.36. The zero-order chi connectivity index (χ0) is 12.3. The molecule has 0 bridgehead atoms. The summed E-state index contributed by atoms with van der Waals surface area (Å²) in [5, 5.41) is 3.34. The molecule has 2 atom stereocenters. The third kappa shape index (κ3) is 2.99. The number of amides is 1. The van der Waals surface area contributed by atoms with Crippen molar-refractivity contribution in [2.24, 2.45) is 0 Å². The van der Waals surface area contributed by atoms with Gasteiger partial charge in [-0.25, -0.2) is 0 Å². The normalized spacial score (nSPS) is 30.5. The smallest absolute Gasteiger partial charge is 0.239 e. The van der Waals surface area contributed by atoms with Crippen molar-refractivity contribution in [3.05, 3.63) is 0 Å². The highest BCUT2D eigenvalue weighted by Crippen LogP contribution is 2.19. The van der Waals surface area contributed by atoms with Gasteiger partial charge in [0, 0.05) is 19.1 Å². The zero-order valence-corrected chi connectivity index (χ0v) is 11.1. The van der Waals surface area contributed by atoms with E-state index in [1.165, 1.54) is 19.4 Å². The van der Waals surface area contributed by atoms with E-state index in [1.807, 2.05) is 0 Å². The lowest BCUT2D eigenvalue weighted by molar-refractivity contribution is -0.130. The Hall–Kier alpha value is -0.610. The molecule has 2 fully saturated rings. The number of likely N-dealkylation sites (N-methyl/N-ethyl adjacent to an activating group) is 1. The van der Waals surface area contributed by atoms with Gasteiger partial charge in [0.25, 0.3) is 0 Å². The summed E-state index contributed by atoms with van der Waals surface area (Å²) in [5.74, 6) is 0.318. The molecule has 4 heteroatoms. The van der Waals surface area contributed by atoms with Crippen LogP contribution in [0.3, 0.4) is 0 Å². The summed E-state index contributed by atoms with van der Waals surface area (Å²) in [6.07, 6.45) is 4.60. The Balaban J connectivity index is 1.80. The Labute approximate surface area is 104 Å². The van der Waals surface area contributed by atoms with E-state index in [-0.39, 0.29) is 6.04 Å². The van der Waals surface area contributed by atoms with E-state index in [1.54, 1.807) is 0 Å². The van der Waals surface area contributed by atoms with Crippen LogP contribution in [-0.2, 0) is 4.79 Å². The molecule has 4 nitrogen and oxygen atoms in total. The molecule has 0 saturated carbocycles. The van der Waals surface area contributed by atoms with Gasteiger partial charge in [-0.3, -0.25) is 4.79 Å². The summed E-state index contributed by atoms with van der Waals surface area (Å²) < 4.78 is 0. The maximum absolute atomic E-state index is 12.2. The number of hydrogen-bond acceptors (Lipinski definition) is 3. The molecule has 0 aliphatic carbocycles. The largest absolute Gasteiger partial charge is 0.340 e. The highest BCUT2D eigenvalue weighted by molar-refractivity contribution is 5.84. The van der Waals surface area contributed by atoms with Crippen LogP contribution in [-0.4, -0.2) is 61.0 Å². The predicted octanol–water partition coefficient (Wildman–Crippen LogP) is 0.681. The molecule has 0 aromatic heterocycles. The molecular formula is C13H25N3O. The van der Waals surface area contributed by atoms with Gasteiger partial charge in [-0.15, -0.1) is 0 Å². The monoisotopic (exact) mass is 239 g/mol. The Kier molecular flexibility index (Phi) is 4.40. The van der Waals surface area contributed by atoms with E-state index >= 15 is 0 Å². The number of hydrogen-bond donors (Lipinski definition) is 1. The summed E-state index contributed by atoms with van der Waals surface area (Å²) in [5.41, 5.74) is 0. The highest BCUT2D eigenvalue weighted by atomic mass is 16.2. The van der Waals surface area contributed by atoms with Crippen molar-refractivity contribution in [3.63, 3.8) is 0 Å². The third-order valence-corrected chi connectivity index (χ3v) is 4.04. The minimum atomic E-state index is 0.0849. The molecule has 0 radical (unpaired) electrons. The van der Waals surface area contributed by atoms with Gasteiger partial charge in [0.2, 0.25) is 5.91 Å². The van der Waals surface area contributed by atoms with E-state index in [2.05, 4.69) is 29.1 Å². The Bertz CT molecular complexity index is 269. The maximum atomic E-state index is 12.2. The second kappa shape index (κ2) is 5.83. The van der Waals surface area contributed by atoms with Crippen molar-refractivity contribution in [2.45, 2.75) is 44.7 Å². The summed E-state index contributed by atoms with van der Waals surface area (Å²) in [6, 6.07) is 0.672. The summed E-state index contributed by atoms with van der Waals surface area (Å²) >= 11 is 0. The lowest BCUT2D eigenvalue weighted by Gasteiger charge is -2.25. The van der Waals surface area contributed by atoms with E-state index < -0.39 is 0 Å². The van der Waals surface area contributed by atoms with Crippen molar-refractivity contribution in [1.29, 1.82) is 0 Å². The first-order valence-corrected chi connectivity index (χ1v) is 6.94. The number of rotatable bonds is 5. The van der Waals surface area contributed by atoms with E-state index in [0.717, 1.165) is 32.5 Å². The lowest BCUT2D eigenvalue weighted by Crippen LogP contribution is -2.43. The Morgan fingerprint density at radius 2 is 2.18 bits per heavy atom. The first kappa shape index (κ1) is 12.8. The predicted molar refractivity (Wildman–Crippen MR) is 68.9 cm³/mol. The van der Waals surface area contributed by atoms with Gasteiger partial charge in [-0.05, 0) is 45.8 Å². The standard InChI is InChI=1S/C13H25N3O/c1-3-7-14-12-6-9-16(13(12)17)10-11-5-4-8-15(11)2/h11-12,14H,3-10H2,1-2H3. The second-order valence-corrected chi connectivity index (χ2v) is 5.36. The summed E-state index contributed by atoms with van der Waals surface area (Å²) in [6.45, 7) is 6.14. The number of carbonyl (C=O) groups is 1. The molecule has 2 aliphatic heterocycles. The maximum Gasteiger partial charge on any atom is 0.239 e. The Morgan fingerprint density at radius 1 is 1.35 bits per heavy atom. The van der Waals surface area contributed by atoms with Crippen molar-refractivity contribution in [2.75, 3.05) is 33.2 Å². The number of likely N-dealkylation sites (tertiary alicyclic amines) is 2. The van der Waals surface area contributed by atoms with Crippen LogP contribution in [0, 0.1) is 0 Å². The van der Waals surface area contributed by atoms with E-state index in [4.69, 9.17) is 0 Å². The van der Waals surface area contributed by atoms with Gasteiger partial charge >= 0.3 is 0 Å². The highest BCUT2D eigenvalue weighted by Gasteiger charge is 2.33. The molecule has 98 valence electrons. The SMILES string of the molecule is CCCNC1CCN(CC2CCCN2C)C1=O. The molecule has 2 heterocycles. The number of carbonyl (C=O) groups excluding carboxylic acids is 1. The van der Waals surface area contributed by atoms with Crippen molar-refractivity contribution in [3.8, 4) is 0 Å². The molecule has 0 spiro atoms. The van der Waals surface area contributed by atoms with Gasteiger partial charge in [-0.2, -0.15) is 0 Å². The van der Waals surface area contributed by atoms with Gasteiger partial charge in [0.15, 0.2) is 0 Å². The Morgan fingerprint density at radius 3 is 2.82 bits per heavy atom. The molecule has 2 aliphatic rings. The quantitative estimate of drug-likeness (QED) is 0.766. The van der Waals surface area contributed by atoms with Gasteiger partial charge in [0.1, 0.15) is 0 Å². The van der Waals surface area contributed by atoms with Crippen molar-refractivity contribution in [1.82, 2.24) is 15.1 Å². The molecule has 2 saturated heterocycles. The van der Waals surface area contributed by atoms with Crippen LogP contribution in [0.1, 0.15) is 32.6 Å². The lowest BCUT2D eigenvalue weighted by atomic mass is 10.2. The zero-order valence-electron chi connectivity index (χ0n) is 11.1. The molecule has 0 aromatic rings. The molecule has 17 heavy (non-hydrogen) atoms. The van der Waals surface area contributed by atoms with E-state index in [0.29, 0.717) is 11.9 Å². The third-order valence-electron chi connectivity index (χ3n) is 4.04. The summed E-state index contributed by atoms with van der Waals surface area (Å²) in [7, 11) is 2.17. The summed E-state index contributed by atoms with van der Waals surface area (Å²) in [4.78, 5) is 16.6. The number of nitrogens with zero attached hydrogens (tertiary/aromatic N) is 2. The van der Waals surface area contributed by atoms with Crippen LogP contribution < -0.4 is 5.32 Å². The fourth-order valence-corrected chi connectivity index (χ4v) is 2.89. The molecule has 2 rings (SSSR count). The molecule has 2 unspecified atom stereocenters. The minimum Gasteiger partial charge on any atom is -0.340 e. The molecule has 1 N–H and O–H groups in total. The molecule has 1 amide bonds. The average Bonchev–Trinajstić information content (AvgIpc) is 2.86. The molecular weight excluding hydrogens is 214 g/mol. The first-order valence-electron chi connectivity index (χ1n) is 6.94. The van der Waals surface area contributed by atoms with E-state index in [9.17, 15) is 4.79 Å². The van der Waals surface area contributed by atoms with Crippen LogP contribution in [0.2, 0.25) is 0 Å². The van der Waals surface area contributed by atoms with Crippen LogP contribution in [0.4, 0.5) is 0 Å². The first-order chi connectivity index (χ1) is 8.22. The van der Waals surface area contributed by atoms with Crippen LogP contribution in [0.15, 0.2) is 0 Å². The molecule has 0 aromatic carbocycles. The van der Waals surface area contributed by atoms with Gasteiger partial charge < -0.3 is 15.1 Å². The fraction of sp³-hybridized carbons (Fsp3) is 0.923. The van der Waals surface area contributed by atoms with Crippen LogP contribution >= 0.6 is 0 Å². The van der Waals surface area contributed by atoms with Crippen LogP contribution in [0.25, 0.3) is 0 Å². The van der Waals surface area contributed by atoms with Crippen LogP contribution in [0.5, 0.6) is 0 Å². The average molecular weight is 239 g/mol. The van der Waals surface area contributed by atoms with Gasteiger partial charge in [0.05, 0.1) is 6.04 Å². The fourth-order valence-electron chi connectivity index (χ4n) is 2.89. The minimum absolute atomic E-state index is 0.0849.